The molecule has 19 heavy (non-hydrogen) atoms. The highest BCUT2D eigenvalue weighted by Gasteiger charge is 2.24. The SMILES string of the molecule is CCCN(CC1CC1)c1ccccc1/C=C/C(=O)O. The van der Waals surface area contributed by atoms with Crippen molar-refractivity contribution in [2.24, 2.45) is 5.92 Å². The van der Waals surface area contributed by atoms with Gasteiger partial charge >= 0.3 is 5.97 Å². The normalized spacial score (nSPS) is 14.8. The Morgan fingerprint density at radius 1 is 1.42 bits per heavy atom. The standard InChI is InChI=1S/C16H21NO2/c1-2-11-17(12-13-7-8-13)15-6-4-3-5-14(15)9-10-16(18)19/h3-6,9-10,13H,2,7-8,11-12H2,1H3,(H,18,19)/b10-9+. The summed E-state index contributed by atoms with van der Waals surface area (Å²) in [6.45, 7) is 4.29. The maximum Gasteiger partial charge on any atom is 0.328 e. The highest BCUT2D eigenvalue weighted by molar-refractivity contribution is 5.87. The fraction of sp³-hybridized carbons (Fsp3) is 0.438. The average Bonchev–Trinajstić information content (AvgIpc) is 3.20. The van der Waals surface area contributed by atoms with Crippen LogP contribution in [0.5, 0.6) is 0 Å². The maximum atomic E-state index is 10.7. The number of hydrogen-bond donors (Lipinski definition) is 1. The Hall–Kier alpha value is -1.77. The molecule has 102 valence electrons. The highest BCUT2D eigenvalue weighted by atomic mass is 16.4. The van der Waals surface area contributed by atoms with Gasteiger partial charge in [-0.05, 0) is 42.9 Å². The van der Waals surface area contributed by atoms with E-state index in [1.165, 1.54) is 18.9 Å². The van der Waals surface area contributed by atoms with E-state index in [0.717, 1.165) is 36.7 Å². The van der Waals surface area contributed by atoms with E-state index in [0.29, 0.717) is 0 Å². The molecular weight excluding hydrogens is 238 g/mol. The van der Waals surface area contributed by atoms with Gasteiger partial charge in [-0.25, -0.2) is 4.79 Å². The van der Waals surface area contributed by atoms with Crippen molar-refractivity contribution in [2.75, 3.05) is 18.0 Å². The lowest BCUT2D eigenvalue weighted by atomic mass is 10.1. The van der Waals surface area contributed by atoms with E-state index in [-0.39, 0.29) is 0 Å². The summed E-state index contributed by atoms with van der Waals surface area (Å²) in [7, 11) is 0. The van der Waals surface area contributed by atoms with E-state index >= 15 is 0 Å². The number of nitrogens with zero attached hydrogens (tertiary/aromatic N) is 1. The first kappa shape index (κ1) is 13.7. The van der Waals surface area contributed by atoms with Gasteiger partial charge < -0.3 is 10.0 Å². The summed E-state index contributed by atoms with van der Waals surface area (Å²) >= 11 is 0. The molecule has 0 saturated heterocycles. The molecule has 1 N–H and O–H groups in total. The molecule has 1 saturated carbocycles. The minimum absolute atomic E-state index is 0.822. The van der Waals surface area contributed by atoms with Gasteiger partial charge in [0.2, 0.25) is 0 Å². The van der Waals surface area contributed by atoms with Crippen LogP contribution in [0.1, 0.15) is 31.7 Å². The van der Waals surface area contributed by atoms with Crippen LogP contribution < -0.4 is 4.90 Å². The number of anilines is 1. The molecule has 1 aromatic rings. The number of para-hydroxylation sites is 1. The Balaban J connectivity index is 2.21. The van der Waals surface area contributed by atoms with Crippen LogP contribution in [-0.4, -0.2) is 24.2 Å². The lowest BCUT2D eigenvalue weighted by Gasteiger charge is -2.26. The van der Waals surface area contributed by atoms with Gasteiger partial charge in [-0.15, -0.1) is 0 Å². The molecule has 1 aliphatic carbocycles. The Bertz CT molecular complexity index is 464. The smallest absolute Gasteiger partial charge is 0.328 e. The topological polar surface area (TPSA) is 40.5 Å². The summed E-state index contributed by atoms with van der Waals surface area (Å²) in [5.41, 5.74) is 2.13. The number of hydrogen-bond acceptors (Lipinski definition) is 2. The van der Waals surface area contributed by atoms with Crippen molar-refractivity contribution in [1.29, 1.82) is 0 Å². The lowest BCUT2D eigenvalue weighted by Crippen LogP contribution is -2.27. The first-order valence-corrected chi connectivity index (χ1v) is 6.95. The van der Waals surface area contributed by atoms with Crippen molar-refractivity contribution >= 4 is 17.7 Å². The summed E-state index contributed by atoms with van der Waals surface area (Å²) < 4.78 is 0. The van der Waals surface area contributed by atoms with E-state index in [1.54, 1.807) is 6.08 Å². The van der Waals surface area contributed by atoms with E-state index in [9.17, 15) is 4.79 Å². The van der Waals surface area contributed by atoms with Gasteiger partial charge in [0.15, 0.2) is 0 Å². The summed E-state index contributed by atoms with van der Waals surface area (Å²) in [6.07, 6.45) is 6.65. The van der Waals surface area contributed by atoms with Gasteiger partial charge in [0.1, 0.15) is 0 Å². The summed E-state index contributed by atoms with van der Waals surface area (Å²) in [5, 5.41) is 8.76. The molecule has 0 unspecified atom stereocenters. The van der Waals surface area contributed by atoms with Crippen molar-refractivity contribution in [3.8, 4) is 0 Å². The van der Waals surface area contributed by atoms with Crippen LogP contribution in [-0.2, 0) is 4.79 Å². The second-order valence-electron chi connectivity index (χ2n) is 5.12. The molecule has 0 radical (unpaired) electrons. The van der Waals surface area contributed by atoms with E-state index in [2.05, 4.69) is 17.9 Å². The van der Waals surface area contributed by atoms with Crippen LogP contribution in [0.4, 0.5) is 5.69 Å². The number of carbonyl (C=O) groups is 1. The molecule has 0 spiro atoms. The molecule has 0 atom stereocenters. The molecule has 3 nitrogen and oxygen atoms in total. The van der Waals surface area contributed by atoms with Crippen LogP contribution >= 0.6 is 0 Å². The molecule has 1 fully saturated rings. The predicted octanol–water partition coefficient (Wildman–Crippen LogP) is 3.41. The number of carboxylic acids is 1. The third-order valence-corrected chi connectivity index (χ3v) is 3.35. The molecule has 1 aliphatic rings. The molecule has 0 heterocycles. The zero-order valence-corrected chi connectivity index (χ0v) is 11.4. The van der Waals surface area contributed by atoms with Gasteiger partial charge in [0.25, 0.3) is 0 Å². The fourth-order valence-electron chi connectivity index (χ4n) is 2.27. The van der Waals surface area contributed by atoms with Crippen molar-refractivity contribution in [3.05, 3.63) is 35.9 Å². The van der Waals surface area contributed by atoms with Gasteiger partial charge in [-0.2, -0.15) is 0 Å². The molecule has 0 aromatic heterocycles. The Morgan fingerprint density at radius 3 is 2.79 bits per heavy atom. The third kappa shape index (κ3) is 4.12. The number of benzene rings is 1. The summed E-state index contributed by atoms with van der Waals surface area (Å²) in [6, 6.07) is 8.03. The summed E-state index contributed by atoms with van der Waals surface area (Å²) in [4.78, 5) is 13.1. The lowest BCUT2D eigenvalue weighted by molar-refractivity contribution is -0.131. The Labute approximate surface area is 114 Å². The Morgan fingerprint density at radius 2 is 2.16 bits per heavy atom. The van der Waals surface area contributed by atoms with E-state index in [4.69, 9.17) is 5.11 Å². The second kappa shape index (κ2) is 6.41. The number of rotatable bonds is 7. The first-order valence-electron chi connectivity index (χ1n) is 6.95. The zero-order chi connectivity index (χ0) is 13.7. The molecular formula is C16H21NO2. The maximum absolute atomic E-state index is 10.7. The monoisotopic (exact) mass is 259 g/mol. The first-order chi connectivity index (χ1) is 9.20. The Kier molecular flexibility index (Phi) is 4.61. The van der Waals surface area contributed by atoms with E-state index in [1.807, 2.05) is 18.2 Å². The van der Waals surface area contributed by atoms with Gasteiger partial charge in [0, 0.05) is 24.9 Å². The summed E-state index contributed by atoms with van der Waals surface area (Å²) in [5.74, 6) is -0.0814. The average molecular weight is 259 g/mol. The second-order valence-corrected chi connectivity index (χ2v) is 5.12. The van der Waals surface area contributed by atoms with Crippen LogP contribution in [0.15, 0.2) is 30.3 Å². The van der Waals surface area contributed by atoms with Crippen LogP contribution in [0.3, 0.4) is 0 Å². The van der Waals surface area contributed by atoms with Gasteiger partial charge in [-0.3, -0.25) is 0 Å². The van der Waals surface area contributed by atoms with E-state index < -0.39 is 5.97 Å². The predicted molar refractivity (Wildman–Crippen MR) is 78.3 cm³/mol. The molecule has 0 amide bonds. The molecule has 2 rings (SSSR count). The quantitative estimate of drug-likeness (QED) is 0.763. The molecule has 1 aromatic carbocycles. The molecule has 3 heteroatoms. The molecule has 0 aliphatic heterocycles. The minimum atomic E-state index is -0.904. The van der Waals surface area contributed by atoms with Crippen LogP contribution in [0.2, 0.25) is 0 Å². The van der Waals surface area contributed by atoms with Crippen molar-refractivity contribution in [2.45, 2.75) is 26.2 Å². The van der Waals surface area contributed by atoms with Gasteiger partial charge in [-0.1, -0.05) is 25.1 Å². The highest BCUT2D eigenvalue weighted by Crippen LogP contribution is 2.32. The minimum Gasteiger partial charge on any atom is -0.478 e. The molecule has 0 bridgehead atoms. The zero-order valence-electron chi connectivity index (χ0n) is 11.4. The van der Waals surface area contributed by atoms with Crippen molar-refractivity contribution < 1.29 is 9.90 Å². The van der Waals surface area contributed by atoms with Crippen LogP contribution in [0, 0.1) is 5.92 Å². The largest absolute Gasteiger partial charge is 0.478 e. The van der Waals surface area contributed by atoms with Crippen molar-refractivity contribution in [3.63, 3.8) is 0 Å². The third-order valence-electron chi connectivity index (χ3n) is 3.35. The number of carboxylic acid groups (broad SMARTS) is 1. The van der Waals surface area contributed by atoms with Crippen molar-refractivity contribution in [1.82, 2.24) is 0 Å². The van der Waals surface area contributed by atoms with Crippen LogP contribution in [0.25, 0.3) is 6.08 Å². The van der Waals surface area contributed by atoms with Gasteiger partial charge in [0.05, 0.1) is 0 Å². The fourth-order valence-corrected chi connectivity index (χ4v) is 2.27. The number of aliphatic carboxylic acids is 1.